The molecule has 0 unspecified atom stereocenters. The van der Waals surface area contributed by atoms with Gasteiger partial charge in [-0.2, -0.15) is 0 Å². The number of halogens is 1. The largest absolute Gasteiger partial charge is 0.465 e. The number of hydrogen-bond donors (Lipinski definition) is 1. The molecule has 0 atom stereocenters. The molecule has 0 aliphatic heterocycles. The van der Waals surface area contributed by atoms with Crippen LogP contribution >= 0.6 is 11.6 Å². The molecule has 6 heteroatoms. The number of carbonyl (C=O) groups excluding carboxylic acids is 2. The van der Waals surface area contributed by atoms with Crippen molar-refractivity contribution in [3.8, 4) is 0 Å². The Hall–Kier alpha value is -1.59. The van der Waals surface area contributed by atoms with Gasteiger partial charge in [-0.05, 0) is 37.5 Å². The molecule has 1 aromatic carbocycles. The first-order chi connectivity index (χ1) is 12.0. The number of hydrogen-bond acceptors (Lipinski definition) is 4. The summed E-state index contributed by atoms with van der Waals surface area (Å²) in [5.74, 6) is -0.504. The molecule has 138 valence electrons. The third-order valence-electron chi connectivity index (χ3n) is 4.78. The van der Waals surface area contributed by atoms with Gasteiger partial charge in [0.2, 0.25) is 5.91 Å². The Morgan fingerprint density at radius 3 is 2.44 bits per heavy atom. The standard InChI is InChI=1S/C19H27ClN2O3/c1-3-25-18(24)14-22(2)17(23)13-21-19(11-5-4-6-12-19)15-7-9-16(20)10-8-15/h7-10,21H,3-6,11-14H2,1-2H3. The number of nitrogens with zero attached hydrogens (tertiary/aromatic N) is 1. The van der Waals surface area contributed by atoms with Gasteiger partial charge >= 0.3 is 5.97 Å². The third-order valence-corrected chi connectivity index (χ3v) is 5.03. The van der Waals surface area contributed by atoms with E-state index in [1.54, 1.807) is 14.0 Å². The number of ether oxygens (including phenoxy) is 1. The van der Waals surface area contributed by atoms with Gasteiger partial charge in [0.05, 0.1) is 13.2 Å². The van der Waals surface area contributed by atoms with Crippen LogP contribution in [0, 0.1) is 0 Å². The first kappa shape index (κ1) is 19.7. The minimum Gasteiger partial charge on any atom is -0.465 e. The van der Waals surface area contributed by atoms with Gasteiger partial charge in [-0.1, -0.05) is 43.0 Å². The van der Waals surface area contributed by atoms with Crippen molar-refractivity contribution >= 4 is 23.5 Å². The minimum absolute atomic E-state index is 0.0255. The van der Waals surface area contributed by atoms with Crippen LogP contribution in [-0.2, 0) is 19.9 Å². The summed E-state index contributed by atoms with van der Waals surface area (Å²) >= 11 is 6.01. The maximum atomic E-state index is 12.4. The lowest BCUT2D eigenvalue weighted by Crippen LogP contribution is -2.49. The summed E-state index contributed by atoms with van der Waals surface area (Å²) in [6.07, 6.45) is 5.45. The Morgan fingerprint density at radius 1 is 1.20 bits per heavy atom. The molecule has 2 rings (SSSR count). The average molecular weight is 367 g/mol. The first-order valence-corrected chi connectivity index (χ1v) is 9.25. The van der Waals surface area contributed by atoms with Gasteiger partial charge in [0, 0.05) is 17.6 Å². The average Bonchev–Trinajstić information content (AvgIpc) is 2.61. The van der Waals surface area contributed by atoms with Crippen LogP contribution in [0.15, 0.2) is 24.3 Å². The van der Waals surface area contributed by atoms with E-state index in [9.17, 15) is 9.59 Å². The molecule has 1 saturated carbocycles. The molecule has 0 aromatic heterocycles. The topological polar surface area (TPSA) is 58.6 Å². The molecule has 1 aliphatic rings. The van der Waals surface area contributed by atoms with Gasteiger partial charge in [0.25, 0.3) is 0 Å². The summed E-state index contributed by atoms with van der Waals surface area (Å²) in [4.78, 5) is 25.3. The van der Waals surface area contributed by atoms with Crippen LogP contribution in [0.5, 0.6) is 0 Å². The van der Waals surface area contributed by atoms with E-state index in [0.717, 1.165) is 31.2 Å². The van der Waals surface area contributed by atoms with Crippen molar-refractivity contribution in [3.63, 3.8) is 0 Å². The molecule has 1 N–H and O–H groups in total. The number of benzene rings is 1. The van der Waals surface area contributed by atoms with Crippen LogP contribution in [0.2, 0.25) is 5.02 Å². The highest BCUT2D eigenvalue weighted by Crippen LogP contribution is 2.37. The zero-order valence-electron chi connectivity index (χ0n) is 15.0. The van der Waals surface area contributed by atoms with E-state index in [2.05, 4.69) is 5.32 Å². The minimum atomic E-state index is -0.386. The molecule has 0 radical (unpaired) electrons. The van der Waals surface area contributed by atoms with Gasteiger partial charge in [0.1, 0.15) is 6.54 Å². The normalized spacial score (nSPS) is 16.3. The van der Waals surface area contributed by atoms with Crippen LogP contribution in [0.1, 0.15) is 44.6 Å². The second-order valence-electron chi connectivity index (χ2n) is 6.56. The number of rotatable bonds is 7. The highest BCUT2D eigenvalue weighted by Gasteiger charge is 2.34. The highest BCUT2D eigenvalue weighted by molar-refractivity contribution is 6.30. The molecule has 1 aliphatic carbocycles. The fourth-order valence-corrected chi connectivity index (χ4v) is 3.49. The summed E-state index contributed by atoms with van der Waals surface area (Å²) in [6.45, 7) is 2.24. The SMILES string of the molecule is CCOC(=O)CN(C)C(=O)CNC1(c2ccc(Cl)cc2)CCCCC1. The predicted molar refractivity (Wildman–Crippen MR) is 98.5 cm³/mol. The summed E-state index contributed by atoms with van der Waals surface area (Å²) in [7, 11) is 1.62. The zero-order chi connectivity index (χ0) is 18.3. The van der Waals surface area contributed by atoms with Crippen LogP contribution in [0.4, 0.5) is 0 Å². The van der Waals surface area contributed by atoms with Crippen molar-refractivity contribution in [2.45, 2.75) is 44.6 Å². The second kappa shape index (κ2) is 9.20. The third kappa shape index (κ3) is 5.44. The molecule has 1 amide bonds. The van der Waals surface area contributed by atoms with Gasteiger partial charge in [-0.15, -0.1) is 0 Å². The zero-order valence-corrected chi connectivity index (χ0v) is 15.8. The molecule has 0 spiro atoms. The van der Waals surface area contributed by atoms with Gasteiger partial charge in [-0.3, -0.25) is 14.9 Å². The lowest BCUT2D eigenvalue weighted by molar-refractivity contribution is -0.148. The molecule has 0 saturated heterocycles. The van der Waals surface area contributed by atoms with Crippen LogP contribution < -0.4 is 5.32 Å². The lowest BCUT2D eigenvalue weighted by atomic mass is 9.76. The summed E-state index contributed by atoms with van der Waals surface area (Å²) in [5, 5.41) is 4.18. The van der Waals surface area contributed by atoms with Crippen LogP contribution in [0.25, 0.3) is 0 Å². The van der Waals surface area contributed by atoms with Crippen molar-refractivity contribution in [2.24, 2.45) is 0 Å². The Kier molecular flexibility index (Phi) is 7.26. The Labute approximate surface area is 154 Å². The summed E-state index contributed by atoms with van der Waals surface area (Å²) in [6, 6.07) is 7.86. The number of amides is 1. The van der Waals surface area contributed by atoms with E-state index >= 15 is 0 Å². The molecular weight excluding hydrogens is 340 g/mol. The van der Waals surface area contributed by atoms with Crippen molar-refractivity contribution < 1.29 is 14.3 Å². The maximum Gasteiger partial charge on any atom is 0.325 e. The summed E-state index contributed by atoms with van der Waals surface area (Å²) in [5.41, 5.74) is 0.959. The molecule has 5 nitrogen and oxygen atoms in total. The van der Waals surface area contributed by atoms with E-state index in [1.807, 2.05) is 24.3 Å². The monoisotopic (exact) mass is 366 g/mol. The Balaban J connectivity index is 2.01. The number of carbonyl (C=O) groups is 2. The molecule has 0 bridgehead atoms. The van der Waals surface area contributed by atoms with Crippen molar-refractivity contribution in [3.05, 3.63) is 34.9 Å². The highest BCUT2D eigenvalue weighted by atomic mass is 35.5. The molecular formula is C19H27ClN2O3. The lowest BCUT2D eigenvalue weighted by Gasteiger charge is -2.39. The number of esters is 1. The van der Waals surface area contributed by atoms with Crippen molar-refractivity contribution in [2.75, 3.05) is 26.7 Å². The van der Waals surface area contributed by atoms with E-state index in [-0.39, 0.29) is 30.5 Å². The Bertz CT molecular complexity index is 583. The first-order valence-electron chi connectivity index (χ1n) is 8.87. The molecule has 0 heterocycles. The smallest absolute Gasteiger partial charge is 0.325 e. The van der Waals surface area contributed by atoms with E-state index in [1.165, 1.54) is 11.3 Å². The molecule has 1 aromatic rings. The number of nitrogens with one attached hydrogen (secondary N) is 1. The van der Waals surface area contributed by atoms with E-state index in [4.69, 9.17) is 16.3 Å². The van der Waals surface area contributed by atoms with E-state index in [0.29, 0.717) is 11.6 Å². The maximum absolute atomic E-state index is 12.4. The molecule has 25 heavy (non-hydrogen) atoms. The molecule has 1 fully saturated rings. The quantitative estimate of drug-likeness (QED) is 0.753. The van der Waals surface area contributed by atoms with Crippen molar-refractivity contribution in [1.29, 1.82) is 0 Å². The fraction of sp³-hybridized carbons (Fsp3) is 0.579. The van der Waals surface area contributed by atoms with Gasteiger partial charge in [-0.25, -0.2) is 0 Å². The van der Waals surface area contributed by atoms with Crippen molar-refractivity contribution in [1.82, 2.24) is 10.2 Å². The van der Waals surface area contributed by atoms with Gasteiger partial charge < -0.3 is 9.64 Å². The number of likely N-dealkylation sites (N-methyl/N-ethyl adjacent to an activating group) is 1. The van der Waals surface area contributed by atoms with E-state index < -0.39 is 0 Å². The Morgan fingerprint density at radius 2 is 1.84 bits per heavy atom. The van der Waals surface area contributed by atoms with Crippen LogP contribution in [0.3, 0.4) is 0 Å². The predicted octanol–water partition coefficient (Wildman–Crippen LogP) is 3.11. The summed E-state index contributed by atoms with van der Waals surface area (Å²) < 4.78 is 4.89. The van der Waals surface area contributed by atoms with Crippen LogP contribution in [-0.4, -0.2) is 43.5 Å². The fourth-order valence-electron chi connectivity index (χ4n) is 3.36. The second-order valence-corrected chi connectivity index (χ2v) is 6.99. The van der Waals surface area contributed by atoms with Gasteiger partial charge in [0.15, 0.2) is 0 Å².